The maximum atomic E-state index is 11.3. The second kappa shape index (κ2) is 9.50. The largest absolute Gasteiger partial charge is 0.514 e. The Balaban J connectivity index is 4.48. The molecule has 0 atom stereocenters. The van der Waals surface area contributed by atoms with Gasteiger partial charge in [-0.05, 0) is 25.3 Å². The van der Waals surface area contributed by atoms with Crippen molar-refractivity contribution in [1.82, 2.24) is 5.32 Å². The van der Waals surface area contributed by atoms with Gasteiger partial charge < -0.3 is 20.6 Å². The van der Waals surface area contributed by atoms with Gasteiger partial charge in [0.25, 0.3) is 0 Å². The molecule has 0 saturated heterocycles. The molecule has 2 amide bonds. The number of amides is 2. The van der Waals surface area contributed by atoms with Crippen LogP contribution in [0.1, 0.15) is 19.3 Å². The fourth-order valence-electron chi connectivity index (χ4n) is 1.96. The second-order valence-electron chi connectivity index (χ2n) is 4.81. The molecule has 0 spiro atoms. The number of rotatable bonds is 11. The van der Waals surface area contributed by atoms with Crippen molar-refractivity contribution in [2.24, 2.45) is 0 Å². The smallest absolute Gasteiger partial charge is 0.477 e. The van der Waals surface area contributed by atoms with E-state index >= 15 is 0 Å². The van der Waals surface area contributed by atoms with E-state index in [2.05, 4.69) is 11.9 Å². The predicted molar refractivity (Wildman–Crippen MR) is 75.2 cm³/mol. The lowest BCUT2D eigenvalue weighted by molar-refractivity contribution is -0.843. The van der Waals surface area contributed by atoms with Crippen LogP contribution in [0.15, 0.2) is 12.7 Å². The number of quaternary nitrogens is 1. The standard InChI is InChI=1S/C13H20N2O7/c1-2-10(16)14-6-4-3-5-7-15(13(21)22,8-11(17)18)9-12(19)20/h2H,1,3-9H2,(H3-,14,16,17,18,19,20,21,22)/p+1. The zero-order valence-corrected chi connectivity index (χ0v) is 12.2. The highest BCUT2D eigenvalue weighted by molar-refractivity contribution is 5.86. The highest BCUT2D eigenvalue weighted by Crippen LogP contribution is 2.12. The molecule has 0 aromatic rings. The first-order valence-electron chi connectivity index (χ1n) is 6.67. The molecule has 9 heteroatoms. The maximum absolute atomic E-state index is 11.3. The van der Waals surface area contributed by atoms with Crippen LogP contribution in [-0.2, 0) is 14.4 Å². The summed E-state index contributed by atoms with van der Waals surface area (Å²) < 4.78 is -1.05. The first-order chi connectivity index (χ1) is 10.2. The molecule has 0 unspecified atom stereocenters. The number of carbonyl (C=O) groups excluding carboxylic acids is 1. The van der Waals surface area contributed by atoms with Crippen LogP contribution in [0, 0.1) is 0 Å². The Morgan fingerprint density at radius 2 is 1.50 bits per heavy atom. The molecule has 0 aromatic carbocycles. The van der Waals surface area contributed by atoms with Gasteiger partial charge >= 0.3 is 18.0 Å². The molecule has 124 valence electrons. The maximum Gasteiger partial charge on any atom is 0.514 e. The molecular weight excluding hydrogens is 296 g/mol. The molecule has 0 fully saturated rings. The minimum atomic E-state index is -1.48. The number of aliphatic carboxylic acids is 2. The quantitative estimate of drug-likeness (QED) is 0.241. The van der Waals surface area contributed by atoms with Crippen LogP contribution >= 0.6 is 0 Å². The second-order valence-corrected chi connectivity index (χ2v) is 4.81. The van der Waals surface area contributed by atoms with Gasteiger partial charge in [-0.1, -0.05) is 6.58 Å². The van der Waals surface area contributed by atoms with Crippen molar-refractivity contribution in [3.05, 3.63) is 12.7 Å². The summed E-state index contributed by atoms with van der Waals surface area (Å²) in [6, 6.07) is 0. The number of carbonyl (C=O) groups is 4. The van der Waals surface area contributed by atoms with E-state index in [9.17, 15) is 24.3 Å². The molecule has 0 rings (SSSR count). The Morgan fingerprint density at radius 3 is 1.91 bits per heavy atom. The summed E-state index contributed by atoms with van der Waals surface area (Å²) >= 11 is 0. The minimum absolute atomic E-state index is 0.108. The first-order valence-corrected chi connectivity index (χ1v) is 6.67. The summed E-state index contributed by atoms with van der Waals surface area (Å²) in [7, 11) is 0. The van der Waals surface area contributed by atoms with E-state index in [0.29, 0.717) is 25.8 Å². The number of nitrogens with one attached hydrogen (secondary N) is 1. The zero-order valence-electron chi connectivity index (χ0n) is 12.2. The van der Waals surface area contributed by atoms with Crippen molar-refractivity contribution < 1.29 is 39.0 Å². The summed E-state index contributed by atoms with van der Waals surface area (Å²) in [6.45, 7) is 1.97. The van der Waals surface area contributed by atoms with Crippen molar-refractivity contribution in [3.8, 4) is 0 Å². The van der Waals surface area contributed by atoms with E-state index in [1.54, 1.807) is 0 Å². The van der Waals surface area contributed by atoms with Gasteiger partial charge in [0.15, 0.2) is 13.1 Å². The number of nitrogens with zero attached hydrogens (tertiary/aromatic N) is 1. The Hall–Kier alpha value is -2.42. The Morgan fingerprint density at radius 1 is 0.955 bits per heavy atom. The molecule has 4 N–H and O–H groups in total. The summed E-state index contributed by atoms with van der Waals surface area (Å²) in [6.07, 6.45) is 1.08. The van der Waals surface area contributed by atoms with Crippen molar-refractivity contribution in [2.75, 3.05) is 26.2 Å². The van der Waals surface area contributed by atoms with Crippen molar-refractivity contribution in [3.63, 3.8) is 0 Å². The molecule has 0 radical (unpaired) electrons. The van der Waals surface area contributed by atoms with Crippen LogP contribution in [0.3, 0.4) is 0 Å². The number of unbranched alkanes of at least 4 members (excludes halogenated alkanes) is 2. The lowest BCUT2D eigenvalue weighted by Gasteiger charge is -2.29. The van der Waals surface area contributed by atoms with Crippen molar-refractivity contribution in [2.45, 2.75) is 19.3 Å². The normalized spacial score (nSPS) is 10.7. The molecular formula is C13H21N2O7+. The fraction of sp³-hybridized carbons (Fsp3) is 0.538. The van der Waals surface area contributed by atoms with Gasteiger partial charge in [-0.2, -0.15) is 4.79 Å². The first kappa shape index (κ1) is 19.6. The van der Waals surface area contributed by atoms with Gasteiger partial charge in [-0.15, -0.1) is 0 Å². The van der Waals surface area contributed by atoms with Gasteiger partial charge in [-0.3, -0.25) is 4.79 Å². The minimum Gasteiger partial charge on any atom is -0.477 e. The Labute approximate surface area is 127 Å². The van der Waals surface area contributed by atoms with Crippen molar-refractivity contribution >= 4 is 23.9 Å². The summed E-state index contributed by atoms with van der Waals surface area (Å²) in [5.41, 5.74) is 0. The van der Waals surface area contributed by atoms with Gasteiger partial charge in [0.2, 0.25) is 5.91 Å². The molecule has 22 heavy (non-hydrogen) atoms. The van der Waals surface area contributed by atoms with E-state index in [-0.39, 0.29) is 12.5 Å². The van der Waals surface area contributed by atoms with Gasteiger partial charge in [0, 0.05) is 6.54 Å². The Kier molecular flexibility index (Phi) is 8.46. The molecule has 0 aromatic heterocycles. The summed E-state index contributed by atoms with van der Waals surface area (Å²) in [5, 5.41) is 29.4. The van der Waals surface area contributed by atoms with Crippen LogP contribution in [0.25, 0.3) is 0 Å². The average Bonchev–Trinajstić information content (AvgIpc) is 2.40. The summed E-state index contributed by atoms with van der Waals surface area (Å²) in [5.74, 6) is -3.06. The number of hydrogen-bond donors (Lipinski definition) is 4. The SMILES string of the molecule is C=CC(=O)NCCCCC[N+](CC(=O)O)(CC(=O)O)C(=O)O. The third-order valence-corrected chi connectivity index (χ3v) is 3.03. The molecule has 0 aliphatic heterocycles. The monoisotopic (exact) mass is 317 g/mol. The lowest BCUT2D eigenvalue weighted by Crippen LogP contribution is -2.58. The number of carboxylic acids is 2. The van der Waals surface area contributed by atoms with Crippen LogP contribution in [0.4, 0.5) is 4.79 Å². The molecule has 0 bridgehead atoms. The van der Waals surface area contributed by atoms with Crippen LogP contribution in [-0.4, -0.2) is 69.9 Å². The van der Waals surface area contributed by atoms with Crippen LogP contribution in [0.2, 0.25) is 0 Å². The highest BCUT2D eigenvalue weighted by atomic mass is 16.4. The van der Waals surface area contributed by atoms with E-state index < -0.39 is 35.6 Å². The van der Waals surface area contributed by atoms with E-state index in [0.717, 1.165) is 6.08 Å². The fourth-order valence-corrected chi connectivity index (χ4v) is 1.96. The van der Waals surface area contributed by atoms with Crippen LogP contribution < -0.4 is 5.32 Å². The molecule has 9 nitrogen and oxygen atoms in total. The highest BCUT2D eigenvalue weighted by Gasteiger charge is 2.41. The van der Waals surface area contributed by atoms with Gasteiger partial charge in [0.05, 0.1) is 6.54 Å². The van der Waals surface area contributed by atoms with Crippen LogP contribution in [0.5, 0.6) is 0 Å². The molecule has 0 saturated carbocycles. The van der Waals surface area contributed by atoms with Gasteiger partial charge in [-0.25, -0.2) is 14.1 Å². The predicted octanol–water partition coefficient (Wildman–Crippen LogP) is 0.123. The number of hydrogen-bond acceptors (Lipinski definition) is 4. The molecule has 0 heterocycles. The topological polar surface area (TPSA) is 141 Å². The molecule has 0 aliphatic carbocycles. The summed E-state index contributed by atoms with van der Waals surface area (Å²) in [4.78, 5) is 43.8. The van der Waals surface area contributed by atoms with E-state index in [4.69, 9.17) is 10.2 Å². The third kappa shape index (κ3) is 7.39. The number of carboxylic acid groups (broad SMARTS) is 3. The van der Waals surface area contributed by atoms with Gasteiger partial charge in [0.1, 0.15) is 0 Å². The van der Waals surface area contributed by atoms with Crippen molar-refractivity contribution in [1.29, 1.82) is 0 Å². The Bertz CT molecular complexity index is 432. The van der Waals surface area contributed by atoms with E-state index in [1.807, 2.05) is 0 Å². The average molecular weight is 317 g/mol. The third-order valence-electron chi connectivity index (χ3n) is 3.03. The molecule has 0 aliphatic rings. The lowest BCUT2D eigenvalue weighted by atomic mass is 10.2. The zero-order chi connectivity index (χ0) is 17.2. The van der Waals surface area contributed by atoms with E-state index in [1.165, 1.54) is 0 Å².